The van der Waals surface area contributed by atoms with E-state index in [0.717, 1.165) is 49.8 Å². The van der Waals surface area contributed by atoms with Crippen LogP contribution in [0.15, 0.2) is 36.4 Å². The minimum Gasteiger partial charge on any atom is -0.490 e. The third-order valence-corrected chi connectivity index (χ3v) is 6.33. The molecule has 6 heteroatoms. The van der Waals surface area contributed by atoms with E-state index in [1.54, 1.807) is 0 Å². The van der Waals surface area contributed by atoms with Crippen molar-refractivity contribution in [3.63, 3.8) is 0 Å². The zero-order valence-corrected chi connectivity index (χ0v) is 18.3. The summed E-state index contributed by atoms with van der Waals surface area (Å²) in [5, 5.41) is 19.8. The fourth-order valence-corrected chi connectivity index (χ4v) is 4.42. The van der Waals surface area contributed by atoms with E-state index in [0.29, 0.717) is 11.5 Å². The van der Waals surface area contributed by atoms with Gasteiger partial charge in [-0.2, -0.15) is 0 Å². The van der Waals surface area contributed by atoms with Crippen LogP contribution in [0.2, 0.25) is 0 Å². The van der Waals surface area contributed by atoms with Crippen LogP contribution >= 0.6 is 0 Å². The van der Waals surface area contributed by atoms with Crippen molar-refractivity contribution in [3.05, 3.63) is 47.8 Å². The first kappa shape index (κ1) is 20.8. The zero-order valence-electron chi connectivity index (χ0n) is 18.3. The smallest absolute Gasteiger partial charge is 0.149 e. The molecule has 6 nitrogen and oxygen atoms in total. The Morgan fingerprint density at radius 3 is 2.53 bits per heavy atom. The van der Waals surface area contributed by atoms with Crippen molar-refractivity contribution < 1.29 is 4.74 Å². The topological polar surface area (TPSA) is 75.7 Å². The van der Waals surface area contributed by atoms with Crippen molar-refractivity contribution >= 4 is 10.8 Å². The first-order chi connectivity index (χ1) is 14.5. The third kappa shape index (κ3) is 5.36. The normalized spacial score (nSPS) is 19.8. The minimum atomic E-state index is 0.351. The van der Waals surface area contributed by atoms with Crippen LogP contribution in [0.3, 0.4) is 0 Å². The summed E-state index contributed by atoms with van der Waals surface area (Å²) < 4.78 is 6.34. The highest BCUT2D eigenvalue weighted by molar-refractivity contribution is 5.84. The molecule has 160 valence electrons. The average Bonchev–Trinajstić information content (AvgIpc) is 3.24. The van der Waals surface area contributed by atoms with Gasteiger partial charge in [-0.25, -0.2) is 5.10 Å². The molecule has 0 amide bonds. The molecule has 2 aromatic carbocycles. The van der Waals surface area contributed by atoms with Gasteiger partial charge in [-0.1, -0.05) is 39.0 Å². The van der Waals surface area contributed by atoms with E-state index in [2.05, 4.69) is 83.1 Å². The monoisotopic (exact) mass is 407 g/mol. The predicted octanol–water partition coefficient (Wildman–Crippen LogP) is 4.67. The molecule has 3 aromatic rings. The highest BCUT2D eigenvalue weighted by Gasteiger charge is 2.30. The van der Waals surface area contributed by atoms with Crippen LogP contribution in [0.25, 0.3) is 10.8 Å². The molecular weight excluding hydrogens is 374 g/mol. The molecule has 1 fully saturated rings. The van der Waals surface area contributed by atoms with E-state index >= 15 is 0 Å². The molecule has 0 atom stereocenters. The molecule has 1 saturated carbocycles. The molecule has 0 bridgehead atoms. The Hall–Kier alpha value is -2.47. The van der Waals surface area contributed by atoms with E-state index in [1.165, 1.54) is 29.2 Å². The maximum absolute atomic E-state index is 6.34. The molecular formula is C24H33N5O. The van der Waals surface area contributed by atoms with E-state index in [9.17, 15) is 0 Å². The van der Waals surface area contributed by atoms with Crippen LogP contribution in [0, 0.1) is 11.3 Å². The van der Waals surface area contributed by atoms with Crippen molar-refractivity contribution in [1.29, 1.82) is 0 Å². The Morgan fingerprint density at radius 1 is 1.03 bits per heavy atom. The number of rotatable bonds is 7. The number of aromatic nitrogens is 4. The Kier molecular flexibility index (Phi) is 6.32. The molecule has 2 N–H and O–H groups in total. The van der Waals surface area contributed by atoms with E-state index < -0.39 is 0 Å². The lowest BCUT2D eigenvalue weighted by Gasteiger charge is -2.37. The number of hydrogen-bond donors (Lipinski definition) is 2. The number of fused-ring (bicyclic) bond motifs is 1. The second-order valence-corrected chi connectivity index (χ2v) is 9.58. The Morgan fingerprint density at radius 2 is 1.80 bits per heavy atom. The summed E-state index contributed by atoms with van der Waals surface area (Å²) >= 11 is 0. The lowest BCUT2D eigenvalue weighted by molar-refractivity contribution is 0.0883. The number of hydrogen-bond acceptors (Lipinski definition) is 5. The second-order valence-electron chi connectivity index (χ2n) is 9.58. The quantitative estimate of drug-likeness (QED) is 0.557. The van der Waals surface area contributed by atoms with E-state index in [-0.39, 0.29) is 0 Å². The summed E-state index contributed by atoms with van der Waals surface area (Å²) in [6, 6.07) is 13.1. The SMILES string of the molecule is CC(C)(C)[C@H]1CC[C@H](Oc2ccc3cc(CNCCc4nnn[nH]4)ccc3c2)CC1. The average molecular weight is 408 g/mol. The first-order valence-electron chi connectivity index (χ1n) is 11.1. The number of nitrogens with one attached hydrogen (secondary N) is 2. The van der Waals surface area contributed by atoms with Gasteiger partial charge in [0, 0.05) is 19.5 Å². The summed E-state index contributed by atoms with van der Waals surface area (Å²) in [7, 11) is 0. The zero-order chi connectivity index (χ0) is 21.0. The number of nitrogens with zero attached hydrogens (tertiary/aromatic N) is 3. The number of ether oxygens (including phenoxy) is 1. The second kappa shape index (κ2) is 9.13. The van der Waals surface area contributed by atoms with Crippen molar-refractivity contribution in [2.24, 2.45) is 11.3 Å². The van der Waals surface area contributed by atoms with Gasteiger partial charge in [0.25, 0.3) is 0 Å². The van der Waals surface area contributed by atoms with Gasteiger partial charge in [0.2, 0.25) is 0 Å². The largest absolute Gasteiger partial charge is 0.490 e. The van der Waals surface area contributed by atoms with Crippen molar-refractivity contribution in [2.45, 2.75) is 65.5 Å². The molecule has 1 aliphatic rings. The maximum Gasteiger partial charge on any atom is 0.149 e. The van der Waals surface area contributed by atoms with Crippen LogP contribution in [0.5, 0.6) is 5.75 Å². The molecule has 0 unspecified atom stereocenters. The van der Waals surface area contributed by atoms with Crippen LogP contribution < -0.4 is 10.1 Å². The summed E-state index contributed by atoms with van der Waals surface area (Å²) in [5.74, 6) is 2.61. The molecule has 0 radical (unpaired) electrons. The third-order valence-electron chi connectivity index (χ3n) is 6.33. The van der Waals surface area contributed by atoms with E-state index in [1.807, 2.05) is 0 Å². The van der Waals surface area contributed by atoms with Gasteiger partial charge >= 0.3 is 0 Å². The van der Waals surface area contributed by atoms with Gasteiger partial charge < -0.3 is 10.1 Å². The van der Waals surface area contributed by atoms with Crippen molar-refractivity contribution in [3.8, 4) is 5.75 Å². The fourth-order valence-electron chi connectivity index (χ4n) is 4.42. The summed E-state index contributed by atoms with van der Waals surface area (Å²) in [5.41, 5.74) is 1.68. The summed E-state index contributed by atoms with van der Waals surface area (Å²) in [4.78, 5) is 0. The summed E-state index contributed by atoms with van der Waals surface area (Å²) in [6.07, 6.45) is 6.00. The highest BCUT2D eigenvalue weighted by atomic mass is 16.5. The van der Waals surface area contributed by atoms with Crippen LogP contribution in [-0.4, -0.2) is 33.3 Å². The Bertz CT molecular complexity index is 940. The van der Waals surface area contributed by atoms with E-state index in [4.69, 9.17) is 4.74 Å². The van der Waals surface area contributed by atoms with Gasteiger partial charge in [-0.15, -0.1) is 5.10 Å². The van der Waals surface area contributed by atoms with Gasteiger partial charge in [0.15, 0.2) is 0 Å². The fraction of sp³-hybridized carbons (Fsp3) is 0.542. The maximum atomic E-state index is 6.34. The molecule has 0 aliphatic heterocycles. The highest BCUT2D eigenvalue weighted by Crippen LogP contribution is 2.39. The number of H-pyrrole nitrogens is 1. The molecule has 1 aromatic heterocycles. The number of benzene rings is 2. The van der Waals surface area contributed by atoms with Crippen LogP contribution in [0.4, 0.5) is 0 Å². The number of aromatic amines is 1. The standard InChI is InChI=1S/C24H33N5O/c1-24(2,3)20-7-10-21(11-8-20)30-22-9-6-18-14-17(4-5-19(18)15-22)16-25-13-12-23-26-28-29-27-23/h4-6,9,14-15,20-21,25H,7-8,10-13,16H2,1-3H3,(H,26,27,28,29)/t20-,21-. The van der Waals surface area contributed by atoms with Gasteiger partial charge in [-0.3, -0.25) is 0 Å². The molecule has 0 saturated heterocycles. The van der Waals surface area contributed by atoms with Crippen LogP contribution in [0.1, 0.15) is 57.8 Å². The predicted molar refractivity (Wildman–Crippen MR) is 119 cm³/mol. The Labute approximate surface area is 178 Å². The van der Waals surface area contributed by atoms with Gasteiger partial charge in [0.05, 0.1) is 6.10 Å². The molecule has 4 rings (SSSR count). The molecule has 1 heterocycles. The molecule has 30 heavy (non-hydrogen) atoms. The van der Waals surface area contributed by atoms with Crippen molar-refractivity contribution in [2.75, 3.05) is 6.54 Å². The molecule has 1 aliphatic carbocycles. The first-order valence-corrected chi connectivity index (χ1v) is 11.1. The molecule has 0 spiro atoms. The van der Waals surface area contributed by atoms with Gasteiger partial charge in [0.1, 0.15) is 11.6 Å². The number of tetrazole rings is 1. The lowest BCUT2D eigenvalue weighted by atomic mass is 9.72. The Balaban J connectivity index is 1.30. The lowest BCUT2D eigenvalue weighted by Crippen LogP contribution is -2.30. The van der Waals surface area contributed by atoms with Crippen molar-refractivity contribution in [1.82, 2.24) is 25.9 Å². The summed E-state index contributed by atoms with van der Waals surface area (Å²) in [6.45, 7) is 8.74. The minimum absolute atomic E-state index is 0.351. The van der Waals surface area contributed by atoms with Gasteiger partial charge in [-0.05, 0) is 82.0 Å². The van der Waals surface area contributed by atoms with Crippen LogP contribution in [-0.2, 0) is 13.0 Å².